The highest BCUT2D eigenvalue weighted by Gasteiger charge is 2.07. The molecule has 0 amide bonds. The fraction of sp³-hybridized carbons (Fsp3) is 0.385. The minimum atomic E-state index is -0.329. The van der Waals surface area contributed by atoms with Crippen molar-refractivity contribution in [3.8, 4) is 18.1 Å². The highest BCUT2D eigenvalue weighted by Crippen LogP contribution is 2.20. The van der Waals surface area contributed by atoms with Gasteiger partial charge in [-0.2, -0.15) is 0 Å². The third-order valence-electron chi connectivity index (χ3n) is 2.20. The molecule has 0 aromatic heterocycles. The van der Waals surface area contributed by atoms with Gasteiger partial charge in [0.25, 0.3) is 0 Å². The predicted molar refractivity (Wildman–Crippen MR) is 62.6 cm³/mol. The Morgan fingerprint density at radius 2 is 2.31 bits per heavy atom. The van der Waals surface area contributed by atoms with E-state index in [2.05, 4.69) is 5.92 Å². The van der Waals surface area contributed by atoms with Crippen LogP contribution in [-0.2, 0) is 0 Å². The van der Waals surface area contributed by atoms with Gasteiger partial charge >= 0.3 is 0 Å². The van der Waals surface area contributed by atoms with Crippen molar-refractivity contribution < 1.29 is 9.13 Å². The van der Waals surface area contributed by atoms with Crippen LogP contribution in [0.3, 0.4) is 0 Å². The number of halogens is 1. The SMILES string of the molecule is C#CCCCOc1ccc([C@H](C)N)c(F)c1. The quantitative estimate of drug-likeness (QED) is 0.612. The topological polar surface area (TPSA) is 35.2 Å². The maximum Gasteiger partial charge on any atom is 0.131 e. The Bertz CT molecular complexity index is 382. The number of hydrogen-bond acceptors (Lipinski definition) is 2. The average molecular weight is 221 g/mol. The molecule has 16 heavy (non-hydrogen) atoms. The van der Waals surface area contributed by atoms with Crippen molar-refractivity contribution >= 4 is 0 Å². The van der Waals surface area contributed by atoms with Gasteiger partial charge in [0.2, 0.25) is 0 Å². The Hall–Kier alpha value is -1.53. The van der Waals surface area contributed by atoms with E-state index < -0.39 is 0 Å². The number of unbranched alkanes of at least 4 members (excludes halogenated alkanes) is 1. The van der Waals surface area contributed by atoms with Crippen LogP contribution in [0.4, 0.5) is 4.39 Å². The lowest BCUT2D eigenvalue weighted by molar-refractivity contribution is 0.311. The summed E-state index contributed by atoms with van der Waals surface area (Å²) in [5.74, 6) is 2.70. The van der Waals surface area contributed by atoms with Crippen LogP contribution in [0, 0.1) is 18.2 Å². The second kappa shape index (κ2) is 6.14. The molecule has 0 aliphatic carbocycles. The lowest BCUT2D eigenvalue weighted by Gasteiger charge is -2.10. The minimum Gasteiger partial charge on any atom is -0.493 e. The first-order valence-electron chi connectivity index (χ1n) is 5.26. The van der Waals surface area contributed by atoms with Gasteiger partial charge in [-0.15, -0.1) is 12.3 Å². The molecule has 0 aliphatic rings. The third kappa shape index (κ3) is 3.56. The van der Waals surface area contributed by atoms with Crippen molar-refractivity contribution in [1.82, 2.24) is 0 Å². The van der Waals surface area contributed by atoms with Gasteiger partial charge in [0.05, 0.1) is 6.61 Å². The molecule has 0 fully saturated rings. The Labute approximate surface area is 95.6 Å². The van der Waals surface area contributed by atoms with E-state index in [9.17, 15) is 4.39 Å². The van der Waals surface area contributed by atoms with Crippen molar-refractivity contribution in [2.24, 2.45) is 5.73 Å². The van der Waals surface area contributed by atoms with Crippen LogP contribution >= 0.6 is 0 Å². The van der Waals surface area contributed by atoms with Crippen molar-refractivity contribution in [3.63, 3.8) is 0 Å². The number of benzene rings is 1. The lowest BCUT2D eigenvalue weighted by Crippen LogP contribution is -2.07. The van der Waals surface area contributed by atoms with Crippen molar-refractivity contribution in [2.75, 3.05) is 6.61 Å². The van der Waals surface area contributed by atoms with Crippen molar-refractivity contribution in [1.29, 1.82) is 0 Å². The number of nitrogens with two attached hydrogens (primary N) is 1. The van der Waals surface area contributed by atoms with Gasteiger partial charge in [0.15, 0.2) is 0 Å². The molecular formula is C13H16FNO. The normalized spacial score (nSPS) is 11.9. The van der Waals surface area contributed by atoms with Crippen LogP contribution in [0.2, 0.25) is 0 Å². The molecule has 1 aromatic carbocycles. The fourth-order valence-corrected chi connectivity index (χ4v) is 1.33. The van der Waals surface area contributed by atoms with Gasteiger partial charge in [-0.25, -0.2) is 4.39 Å². The van der Waals surface area contributed by atoms with Crippen LogP contribution in [-0.4, -0.2) is 6.61 Å². The van der Waals surface area contributed by atoms with Crippen molar-refractivity contribution in [3.05, 3.63) is 29.6 Å². The molecule has 0 bridgehead atoms. The van der Waals surface area contributed by atoms with Crippen LogP contribution in [0.5, 0.6) is 5.75 Å². The highest BCUT2D eigenvalue weighted by atomic mass is 19.1. The Morgan fingerprint density at radius 1 is 1.56 bits per heavy atom. The number of rotatable bonds is 5. The average Bonchev–Trinajstić information content (AvgIpc) is 2.24. The summed E-state index contributed by atoms with van der Waals surface area (Å²) in [6.07, 6.45) is 6.54. The standard InChI is InChI=1S/C13H16FNO/c1-3-4-5-8-16-11-6-7-12(10(2)15)13(14)9-11/h1,6-7,9-10H,4-5,8,15H2,2H3/t10-/m0/s1. The second-order valence-corrected chi connectivity index (χ2v) is 3.63. The summed E-state index contributed by atoms with van der Waals surface area (Å²) in [7, 11) is 0. The molecule has 2 nitrogen and oxygen atoms in total. The maximum atomic E-state index is 13.5. The molecule has 0 heterocycles. The van der Waals surface area contributed by atoms with E-state index in [4.69, 9.17) is 16.9 Å². The zero-order valence-electron chi connectivity index (χ0n) is 9.37. The summed E-state index contributed by atoms with van der Waals surface area (Å²) >= 11 is 0. The molecule has 1 atom stereocenters. The van der Waals surface area contributed by atoms with Crippen LogP contribution in [0.25, 0.3) is 0 Å². The summed E-state index contributed by atoms with van der Waals surface area (Å²) < 4.78 is 18.8. The van der Waals surface area contributed by atoms with Gasteiger partial charge in [-0.05, 0) is 19.4 Å². The van der Waals surface area contributed by atoms with Crippen LogP contribution in [0.15, 0.2) is 18.2 Å². The Kier molecular flexibility index (Phi) is 4.81. The largest absolute Gasteiger partial charge is 0.493 e. The Balaban J connectivity index is 2.57. The van der Waals surface area contributed by atoms with E-state index >= 15 is 0 Å². The van der Waals surface area contributed by atoms with E-state index in [-0.39, 0.29) is 11.9 Å². The molecule has 0 saturated carbocycles. The molecule has 1 rings (SSSR count). The minimum absolute atomic E-state index is 0.310. The summed E-state index contributed by atoms with van der Waals surface area (Å²) in [5.41, 5.74) is 6.10. The van der Waals surface area contributed by atoms with Gasteiger partial charge < -0.3 is 10.5 Å². The molecule has 2 N–H and O–H groups in total. The summed E-state index contributed by atoms with van der Waals surface area (Å²) in [6.45, 7) is 2.24. The first-order valence-corrected chi connectivity index (χ1v) is 5.26. The molecule has 3 heteroatoms. The molecule has 1 aromatic rings. The molecule has 0 aliphatic heterocycles. The molecule has 0 saturated heterocycles. The monoisotopic (exact) mass is 221 g/mol. The smallest absolute Gasteiger partial charge is 0.131 e. The van der Waals surface area contributed by atoms with Gasteiger partial charge in [0, 0.05) is 24.1 Å². The molecule has 0 radical (unpaired) electrons. The van der Waals surface area contributed by atoms with Crippen LogP contribution < -0.4 is 10.5 Å². The zero-order valence-corrected chi connectivity index (χ0v) is 9.37. The van der Waals surface area contributed by atoms with E-state index in [0.29, 0.717) is 24.3 Å². The predicted octanol–water partition coefficient (Wildman–Crippen LogP) is 2.64. The van der Waals surface area contributed by atoms with E-state index in [0.717, 1.165) is 6.42 Å². The van der Waals surface area contributed by atoms with Gasteiger partial charge in [0.1, 0.15) is 11.6 Å². The number of terminal acetylenes is 1. The first-order chi connectivity index (χ1) is 7.65. The molecule has 0 unspecified atom stereocenters. The van der Waals surface area contributed by atoms with Crippen LogP contribution in [0.1, 0.15) is 31.4 Å². The lowest BCUT2D eigenvalue weighted by atomic mass is 10.1. The number of ether oxygens (including phenoxy) is 1. The summed E-state index contributed by atoms with van der Waals surface area (Å²) in [5, 5.41) is 0. The maximum absolute atomic E-state index is 13.5. The second-order valence-electron chi connectivity index (χ2n) is 3.63. The van der Waals surface area contributed by atoms with Gasteiger partial charge in [-0.3, -0.25) is 0 Å². The Morgan fingerprint density at radius 3 is 2.88 bits per heavy atom. The molecular weight excluding hydrogens is 205 g/mol. The molecule has 86 valence electrons. The first kappa shape index (κ1) is 12.5. The molecule has 0 spiro atoms. The van der Waals surface area contributed by atoms with Crippen molar-refractivity contribution in [2.45, 2.75) is 25.8 Å². The van der Waals surface area contributed by atoms with E-state index in [1.54, 1.807) is 19.1 Å². The summed E-state index contributed by atoms with van der Waals surface area (Å²) in [4.78, 5) is 0. The van der Waals surface area contributed by atoms with E-state index in [1.807, 2.05) is 0 Å². The number of hydrogen-bond donors (Lipinski definition) is 1. The third-order valence-corrected chi connectivity index (χ3v) is 2.20. The fourth-order valence-electron chi connectivity index (χ4n) is 1.33. The van der Waals surface area contributed by atoms with E-state index in [1.165, 1.54) is 6.07 Å². The highest BCUT2D eigenvalue weighted by molar-refractivity contribution is 5.30. The zero-order chi connectivity index (χ0) is 12.0. The van der Waals surface area contributed by atoms with Gasteiger partial charge in [-0.1, -0.05) is 6.07 Å². The summed E-state index contributed by atoms with van der Waals surface area (Å²) in [6, 6.07) is 4.42.